The van der Waals surface area contributed by atoms with E-state index in [4.69, 9.17) is 0 Å². The Morgan fingerprint density at radius 1 is 1.37 bits per heavy atom. The zero-order valence-electron chi connectivity index (χ0n) is 12.5. The number of likely N-dealkylation sites (tertiary alicyclic amines) is 1. The molecule has 0 aromatic rings. The molecule has 4 heteroatoms. The van der Waals surface area contributed by atoms with Crippen molar-refractivity contribution in [3.63, 3.8) is 0 Å². The third-order valence-electron chi connectivity index (χ3n) is 4.61. The Kier molecular flexibility index (Phi) is 5.64. The van der Waals surface area contributed by atoms with Crippen LogP contribution < -0.4 is 5.32 Å². The third kappa shape index (κ3) is 4.77. The summed E-state index contributed by atoms with van der Waals surface area (Å²) < 4.78 is 0. The van der Waals surface area contributed by atoms with Crippen molar-refractivity contribution < 1.29 is 4.79 Å². The van der Waals surface area contributed by atoms with Crippen LogP contribution in [0, 0.1) is 11.8 Å². The number of amides is 1. The van der Waals surface area contributed by atoms with Crippen molar-refractivity contribution in [2.45, 2.75) is 32.1 Å². The summed E-state index contributed by atoms with van der Waals surface area (Å²) in [6.45, 7) is 5.52. The van der Waals surface area contributed by atoms with Gasteiger partial charge in [-0.3, -0.25) is 4.79 Å². The van der Waals surface area contributed by atoms with E-state index in [0.29, 0.717) is 11.8 Å². The van der Waals surface area contributed by atoms with Crippen LogP contribution in [0.2, 0.25) is 0 Å². The highest BCUT2D eigenvalue weighted by atomic mass is 16.2. The summed E-state index contributed by atoms with van der Waals surface area (Å²) in [6.07, 6.45) is 5.57. The van der Waals surface area contributed by atoms with Crippen molar-refractivity contribution in [2.75, 3.05) is 46.8 Å². The van der Waals surface area contributed by atoms with Gasteiger partial charge in [-0.2, -0.15) is 0 Å². The Bertz CT molecular complexity index is 289. The molecule has 2 heterocycles. The van der Waals surface area contributed by atoms with Crippen molar-refractivity contribution in [1.29, 1.82) is 0 Å². The molecule has 0 saturated carbocycles. The van der Waals surface area contributed by atoms with Crippen LogP contribution >= 0.6 is 0 Å². The van der Waals surface area contributed by atoms with Crippen LogP contribution in [-0.2, 0) is 4.79 Å². The van der Waals surface area contributed by atoms with Crippen molar-refractivity contribution in [3.8, 4) is 0 Å². The lowest BCUT2D eigenvalue weighted by Crippen LogP contribution is -2.40. The topological polar surface area (TPSA) is 35.6 Å². The van der Waals surface area contributed by atoms with Crippen molar-refractivity contribution in [3.05, 3.63) is 0 Å². The fourth-order valence-electron chi connectivity index (χ4n) is 3.39. The van der Waals surface area contributed by atoms with Crippen LogP contribution in [0.5, 0.6) is 0 Å². The van der Waals surface area contributed by atoms with Gasteiger partial charge in [-0.1, -0.05) is 0 Å². The Morgan fingerprint density at radius 2 is 2.21 bits per heavy atom. The zero-order valence-corrected chi connectivity index (χ0v) is 12.5. The van der Waals surface area contributed by atoms with E-state index < -0.39 is 0 Å². The lowest BCUT2D eigenvalue weighted by molar-refractivity contribution is -0.131. The van der Waals surface area contributed by atoms with Gasteiger partial charge in [0.15, 0.2) is 0 Å². The maximum Gasteiger partial charge on any atom is 0.222 e. The van der Waals surface area contributed by atoms with Gasteiger partial charge in [0, 0.05) is 26.6 Å². The second-order valence-corrected chi connectivity index (χ2v) is 6.44. The van der Waals surface area contributed by atoms with E-state index in [9.17, 15) is 4.79 Å². The molecule has 19 heavy (non-hydrogen) atoms. The molecule has 2 unspecified atom stereocenters. The Morgan fingerprint density at radius 3 is 2.89 bits per heavy atom. The van der Waals surface area contributed by atoms with Crippen LogP contribution in [0.25, 0.3) is 0 Å². The molecule has 2 aliphatic heterocycles. The number of piperidine rings is 1. The molecule has 2 saturated heterocycles. The molecule has 2 aliphatic rings. The minimum atomic E-state index is 0.333. The smallest absolute Gasteiger partial charge is 0.222 e. The molecule has 0 radical (unpaired) electrons. The molecule has 110 valence electrons. The van der Waals surface area contributed by atoms with Crippen LogP contribution in [0.4, 0.5) is 0 Å². The monoisotopic (exact) mass is 267 g/mol. The van der Waals surface area contributed by atoms with Crippen LogP contribution in [0.3, 0.4) is 0 Å². The first-order valence-electron chi connectivity index (χ1n) is 7.78. The van der Waals surface area contributed by atoms with Gasteiger partial charge < -0.3 is 15.1 Å². The first-order valence-corrected chi connectivity index (χ1v) is 7.78. The van der Waals surface area contributed by atoms with Crippen LogP contribution in [0.1, 0.15) is 32.1 Å². The SMILES string of the molecule is CN1CCCC(CN(C)C(=O)CCC2CCNC2)C1. The number of rotatable bonds is 5. The first kappa shape index (κ1) is 14.8. The van der Waals surface area contributed by atoms with Crippen molar-refractivity contribution in [1.82, 2.24) is 15.1 Å². The predicted octanol–water partition coefficient (Wildman–Crippen LogP) is 1.18. The van der Waals surface area contributed by atoms with Crippen molar-refractivity contribution >= 4 is 5.91 Å². The first-order chi connectivity index (χ1) is 9.15. The Hall–Kier alpha value is -0.610. The minimum absolute atomic E-state index is 0.333. The lowest BCUT2D eigenvalue weighted by atomic mass is 9.97. The molecule has 0 aromatic heterocycles. The van der Waals surface area contributed by atoms with E-state index in [1.165, 1.54) is 25.8 Å². The van der Waals surface area contributed by atoms with Gasteiger partial charge in [-0.05, 0) is 64.2 Å². The van der Waals surface area contributed by atoms with Crippen LogP contribution in [-0.4, -0.2) is 62.5 Å². The second kappa shape index (κ2) is 7.25. The van der Waals surface area contributed by atoms with Gasteiger partial charge in [-0.15, -0.1) is 0 Å². The van der Waals surface area contributed by atoms with Gasteiger partial charge in [-0.25, -0.2) is 0 Å². The summed E-state index contributed by atoms with van der Waals surface area (Å²) in [7, 11) is 4.16. The summed E-state index contributed by atoms with van der Waals surface area (Å²) >= 11 is 0. The highest BCUT2D eigenvalue weighted by molar-refractivity contribution is 5.75. The third-order valence-corrected chi connectivity index (χ3v) is 4.61. The second-order valence-electron chi connectivity index (χ2n) is 6.44. The quantitative estimate of drug-likeness (QED) is 0.812. The number of hydrogen-bond acceptors (Lipinski definition) is 3. The van der Waals surface area contributed by atoms with Crippen LogP contribution in [0.15, 0.2) is 0 Å². The Labute approximate surface area is 117 Å². The summed E-state index contributed by atoms with van der Waals surface area (Å²) in [6, 6.07) is 0. The summed E-state index contributed by atoms with van der Waals surface area (Å²) in [5.41, 5.74) is 0. The molecule has 0 aromatic carbocycles. The normalized spacial score (nSPS) is 28.5. The molecule has 4 nitrogen and oxygen atoms in total. The van der Waals surface area contributed by atoms with E-state index in [-0.39, 0.29) is 0 Å². The average Bonchev–Trinajstić information content (AvgIpc) is 2.89. The molecule has 2 atom stereocenters. The Balaban J connectivity index is 1.66. The molecule has 1 N–H and O–H groups in total. The molecular weight excluding hydrogens is 238 g/mol. The van der Waals surface area contributed by atoms with Gasteiger partial charge in [0.05, 0.1) is 0 Å². The van der Waals surface area contributed by atoms with Gasteiger partial charge >= 0.3 is 0 Å². The van der Waals surface area contributed by atoms with E-state index in [2.05, 4.69) is 17.3 Å². The average molecular weight is 267 g/mol. The fourth-order valence-corrected chi connectivity index (χ4v) is 3.39. The van der Waals surface area contributed by atoms with E-state index >= 15 is 0 Å². The molecule has 2 fully saturated rings. The van der Waals surface area contributed by atoms with Gasteiger partial charge in [0.2, 0.25) is 5.91 Å². The van der Waals surface area contributed by atoms with E-state index in [0.717, 1.165) is 44.9 Å². The molecule has 0 aliphatic carbocycles. The molecule has 0 spiro atoms. The summed E-state index contributed by atoms with van der Waals surface area (Å²) in [5.74, 6) is 1.72. The maximum absolute atomic E-state index is 12.1. The van der Waals surface area contributed by atoms with E-state index in [1.807, 2.05) is 11.9 Å². The predicted molar refractivity (Wildman–Crippen MR) is 78.1 cm³/mol. The number of hydrogen-bond donors (Lipinski definition) is 1. The van der Waals surface area contributed by atoms with Gasteiger partial charge in [0.1, 0.15) is 0 Å². The van der Waals surface area contributed by atoms with E-state index in [1.54, 1.807) is 0 Å². The summed E-state index contributed by atoms with van der Waals surface area (Å²) in [4.78, 5) is 16.5. The molecule has 1 amide bonds. The lowest BCUT2D eigenvalue weighted by Gasteiger charge is -2.32. The largest absolute Gasteiger partial charge is 0.345 e. The standard InChI is InChI=1S/C15H29N3O/c1-17-9-3-4-14(11-17)12-18(2)15(19)6-5-13-7-8-16-10-13/h13-14,16H,3-12H2,1-2H3. The summed E-state index contributed by atoms with van der Waals surface area (Å²) in [5, 5.41) is 3.37. The minimum Gasteiger partial charge on any atom is -0.345 e. The number of nitrogens with zero attached hydrogens (tertiary/aromatic N) is 2. The number of nitrogens with one attached hydrogen (secondary N) is 1. The molecule has 0 bridgehead atoms. The van der Waals surface area contributed by atoms with Gasteiger partial charge in [0.25, 0.3) is 0 Å². The highest BCUT2D eigenvalue weighted by Crippen LogP contribution is 2.18. The fraction of sp³-hybridized carbons (Fsp3) is 0.933. The number of carbonyl (C=O) groups is 1. The zero-order chi connectivity index (χ0) is 13.7. The molecule has 2 rings (SSSR count). The maximum atomic E-state index is 12.1. The van der Waals surface area contributed by atoms with Crippen molar-refractivity contribution in [2.24, 2.45) is 11.8 Å². The highest BCUT2D eigenvalue weighted by Gasteiger charge is 2.22. The molecular formula is C15H29N3O. The number of carbonyl (C=O) groups excluding carboxylic acids is 1.